The molecule has 0 atom stereocenters. The van der Waals surface area contributed by atoms with Crippen molar-refractivity contribution in [3.63, 3.8) is 0 Å². The number of benzene rings is 7. The molecule has 0 N–H and O–H groups in total. The van der Waals surface area contributed by atoms with Crippen LogP contribution in [0.15, 0.2) is 170 Å². The number of aromatic nitrogens is 4. The van der Waals surface area contributed by atoms with Crippen molar-refractivity contribution in [2.45, 2.75) is 0 Å². The van der Waals surface area contributed by atoms with Gasteiger partial charge in [0.2, 0.25) is 0 Å². The van der Waals surface area contributed by atoms with Crippen LogP contribution >= 0.6 is 0 Å². The van der Waals surface area contributed by atoms with Crippen LogP contribution in [-0.4, -0.2) is 19.1 Å². The van der Waals surface area contributed by atoms with Crippen molar-refractivity contribution in [1.29, 1.82) is 0 Å². The van der Waals surface area contributed by atoms with Crippen LogP contribution in [0.3, 0.4) is 0 Å². The van der Waals surface area contributed by atoms with Gasteiger partial charge in [-0.15, -0.1) is 0 Å². The second-order valence-electron chi connectivity index (χ2n) is 12.2. The van der Waals surface area contributed by atoms with Crippen LogP contribution in [0.5, 0.6) is 0 Å². The lowest BCUT2D eigenvalue weighted by molar-refractivity contribution is 1.17. The Bertz CT molecular complexity index is 2810. The first-order valence-corrected chi connectivity index (χ1v) is 16.3. The van der Waals surface area contributed by atoms with Gasteiger partial charge >= 0.3 is 0 Å². The molecule has 0 unspecified atom stereocenters. The van der Waals surface area contributed by atoms with Gasteiger partial charge in [-0.1, -0.05) is 115 Å². The zero-order chi connectivity index (χ0) is 31.6. The molecule has 0 spiro atoms. The van der Waals surface area contributed by atoms with Crippen LogP contribution in [0.1, 0.15) is 0 Å². The summed E-state index contributed by atoms with van der Waals surface area (Å²) >= 11 is 0. The number of fused-ring (bicyclic) bond motifs is 8. The molecule has 10 rings (SSSR count). The van der Waals surface area contributed by atoms with E-state index in [1.165, 1.54) is 43.6 Å². The zero-order valence-electron chi connectivity index (χ0n) is 26.0. The first kappa shape index (κ1) is 26.7. The van der Waals surface area contributed by atoms with Crippen LogP contribution in [0.25, 0.3) is 88.5 Å². The van der Waals surface area contributed by atoms with Crippen molar-refractivity contribution in [2.75, 3.05) is 0 Å². The molecule has 0 bridgehead atoms. The molecule has 3 aromatic heterocycles. The van der Waals surface area contributed by atoms with E-state index < -0.39 is 0 Å². The van der Waals surface area contributed by atoms with Crippen LogP contribution in [0.2, 0.25) is 0 Å². The second kappa shape index (κ2) is 10.5. The van der Waals surface area contributed by atoms with Crippen LogP contribution in [0, 0.1) is 0 Å². The molecule has 3 heterocycles. The molecule has 0 saturated carbocycles. The van der Waals surface area contributed by atoms with Crippen LogP contribution in [-0.2, 0) is 0 Å². The fraction of sp³-hybridized carbons (Fsp3) is 0. The maximum absolute atomic E-state index is 5.17. The Kier molecular flexibility index (Phi) is 5.84. The highest BCUT2D eigenvalue weighted by molar-refractivity contribution is 6.29. The highest BCUT2D eigenvalue weighted by Gasteiger charge is 2.21. The summed E-state index contributed by atoms with van der Waals surface area (Å²) in [6.45, 7) is 0. The standard InChI is InChI=1S/C44H28N4/c1-4-14-29(15-5-1)43-35-28-32(24-25-36(35)45-44(46-43)30-16-6-2-7-17-30)48-38-23-13-11-21-34(38)42-40(48)27-26-39-41(42)33-20-10-12-22-37(33)47(39)31-18-8-3-9-19-31/h1-28H. The van der Waals surface area contributed by atoms with Gasteiger partial charge in [-0.2, -0.15) is 0 Å². The maximum Gasteiger partial charge on any atom is 0.160 e. The largest absolute Gasteiger partial charge is 0.309 e. The van der Waals surface area contributed by atoms with Gasteiger partial charge in [0.15, 0.2) is 5.82 Å². The third-order valence-electron chi connectivity index (χ3n) is 9.50. The van der Waals surface area contributed by atoms with Gasteiger partial charge in [0.1, 0.15) is 0 Å². The minimum atomic E-state index is 0.726. The molecular formula is C44H28N4. The summed E-state index contributed by atoms with van der Waals surface area (Å²) in [5, 5.41) is 6.02. The fourth-order valence-corrected chi connectivity index (χ4v) is 7.44. The highest BCUT2D eigenvalue weighted by atomic mass is 15.0. The van der Waals surface area contributed by atoms with Gasteiger partial charge in [0.25, 0.3) is 0 Å². The van der Waals surface area contributed by atoms with Crippen LogP contribution in [0.4, 0.5) is 0 Å². The van der Waals surface area contributed by atoms with Crippen molar-refractivity contribution in [3.8, 4) is 34.0 Å². The molecule has 48 heavy (non-hydrogen) atoms. The Morgan fingerprint density at radius 2 is 0.875 bits per heavy atom. The Hall–Kier alpha value is -6.52. The van der Waals surface area contributed by atoms with Gasteiger partial charge in [0, 0.05) is 49.4 Å². The molecule has 4 heteroatoms. The molecule has 10 aromatic rings. The molecule has 0 aliphatic heterocycles. The Morgan fingerprint density at radius 3 is 1.50 bits per heavy atom. The number of hydrogen-bond acceptors (Lipinski definition) is 2. The molecule has 0 amide bonds. The predicted molar refractivity (Wildman–Crippen MR) is 199 cm³/mol. The van der Waals surface area contributed by atoms with Crippen molar-refractivity contribution < 1.29 is 0 Å². The minimum absolute atomic E-state index is 0.726. The average Bonchev–Trinajstić information content (AvgIpc) is 3.68. The van der Waals surface area contributed by atoms with E-state index in [2.05, 4.69) is 155 Å². The van der Waals surface area contributed by atoms with Crippen molar-refractivity contribution >= 4 is 54.5 Å². The molecule has 4 nitrogen and oxygen atoms in total. The normalized spacial score (nSPS) is 11.8. The molecule has 7 aromatic carbocycles. The number of nitrogens with zero attached hydrogens (tertiary/aromatic N) is 4. The van der Waals surface area contributed by atoms with Gasteiger partial charge < -0.3 is 9.13 Å². The smallest absolute Gasteiger partial charge is 0.160 e. The summed E-state index contributed by atoms with van der Waals surface area (Å²) in [5.74, 6) is 0.726. The topological polar surface area (TPSA) is 35.6 Å². The van der Waals surface area contributed by atoms with E-state index in [0.717, 1.165) is 44.9 Å². The minimum Gasteiger partial charge on any atom is -0.309 e. The van der Waals surface area contributed by atoms with Gasteiger partial charge in [0.05, 0.1) is 33.3 Å². The summed E-state index contributed by atoms with van der Waals surface area (Å²) in [7, 11) is 0. The van der Waals surface area contributed by atoms with E-state index in [1.54, 1.807) is 0 Å². The monoisotopic (exact) mass is 612 g/mol. The fourth-order valence-electron chi connectivity index (χ4n) is 7.44. The van der Waals surface area contributed by atoms with E-state index in [9.17, 15) is 0 Å². The van der Waals surface area contributed by atoms with Crippen molar-refractivity contribution in [2.24, 2.45) is 0 Å². The summed E-state index contributed by atoms with van der Waals surface area (Å²) in [6, 6.07) is 60.0. The van der Waals surface area contributed by atoms with E-state index in [1.807, 2.05) is 24.3 Å². The third-order valence-corrected chi connectivity index (χ3v) is 9.50. The summed E-state index contributed by atoms with van der Waals surface area (Å²) in [5.41, 5.74) is 10.9. The Balaban J connectivity index is 1.29. The van der Waals surface area contributed by atoms with E-state index >= 15 is 0 Å². The lowest BCUT2D eigenvalue weighted by Gasteiger charge is -2.13. The second-order valence-corrected chi connectivity index (χ2v) is 12.2. The summed E-state index contributed by atoms with van der Waals surface area (Å²) in [6.07, 6.45) is 0. The van der Waals surface area contributed by atoms with E-state index in [-0.39, 0.29) is 0 Å². The molecule has 0 aliphatic rings. The highest BCUT2D eigenvalue weighted by Crippen LogP contribution is 2.42. The van der Waals surface area contributed by atoms with E-state index in [4.69, 9.17) is 9.97 Å². The quantitative estimate of drug-likeness (QED) is 0.198. The third kappa shape index (κ3) is 3.96. The lowest BCUT2D eigenvalue weighted by Crippen LogP contribution is -1.98. The lowest BCUT2D eigenvalue weighted by atomic mass is 10.0. The zero-order valence-corrected chi connectivity index (χ0v) is 26.0. The average molecular weight is 613 g/mol. The Morgan fingerprint density at radius 1 is 0.354 bits per heavy atom. The molecule has 0 aliphatic carbocycles. The first-order chi connectivity index (χ1) is 23.8. The van der Waals surface area contributed by atoms with Gasteiger partial charge in [-0.25, -0.2) is 9.97 Å². The SMILES string of the molecule is c1ccc(-c2nc(-c3ccccc3)c3cc(-n4c5ccccc5c5c6c7ccccc7n(-c7ccccc7)c6ccc54)ccc3n2)cc1. The predicted octanol–water partition coefficient (Wildman–Crippen LogP) is 11.2. The molecule has 0 radical (unpaired) electrons. The molecular weight excluding hydrogens is 585 g/mol. The molecule has 224 valence electrons. The molecule has 0 saturated heterocycles. The van der Waals surface area contributed by atoms with Crippen molar-refractivity contribution in [3.05, 3.63) is 170 Å². The maximum atomic E-state index is 5.17. The summed E-state index contributed by atoms with van der Waals surface area (Å²) < 4.78 is 4.79. The summed E-state index contributed by atoms with van der Waals surface area (Å²) in [4.78, 5) is 10.2. The molecule has 0 fully saturated rings. The van der Waals surface area contributed by atoms with Crippen LogP contribution < -0.4 is 0 Å². The van der Waals surface area contributed by atoms with E-state index in [0.29, 0.717) is 0 Å². The van der Waals surface area contributed by atoms with Crippen molar-refractivity contribution in [1.82, 2.24) is 19.1 Å². The number of rotatable bonds is 4. The first-order valence-electron chi connectivity index (χ1n) is 16.3. The van der Waals surface area contributed by atoms with Gasteiger partial charge in [-0.3, -0.25) is 0 Å². The number of para-hydroxylation sites is 3. The van der Waals surface area contributed by atoms with Gasteiger partial charge in [-0.05, 0) is 54.6 Å². The number of hydrogen-bond donors (Lipinski definition) is 0. The Labute approximate surface area is 276 Å².